The summed E-state index contributed by atoms with van der Waals surface area (Å²) in [6.07, 6.45) is 5.30. The van der Waals surface area contributed by atoms with Crippen molar-refractivity contribution in [2.24, 2.45) is 11.8 Å². The van der Waals surface area contributed by atoms with Crippen molar-refractivity contribution in [3.8, 4) is 0 Å². The van der Waals surface area contributed by atoms with Gasteiger partial charge < -0.3 is 10.2 Å². The third kappa shape index (κ3) is 2.94. The molecule has 1 heterocycles. The summed E-state index contributed by atoms with van der Waals surface area (Å²) in [5, 5.41) is 3.07. The molecule has 2 aliphatic carbocycles. The van der Waals surface area contributed by atoms with Crippen LogP contribution >= 0.6 is 11.8 Å². The van der Waals surface area contributed by atoms with E-state index in [-0.39, 0.29) is 17.9 Å². The summed E-state index contributed by atoms with van der Waals surface area (Å²) in [5.41, 5.74) is -0.639. The minimum Gasteiger partial charge on any atom is -0.340 e. The molecule has 2 atom stereocenters. The Kier molecular flexibility index (Phi) is 4.21. The van der Waals surface area contributed by atoms with Gasteiger partial charge in [0, 0.05) is 6.54 Å². The van der Waals surface area contributed by atoms with Gasteiger partial charge in [0.05, 0.1) is 0 Å². The smallest absolute Gasteiger partial charge is 0.249 e. The molecule has 2 saturated carbocycles. The van der Waals surface area contributed by atoms with Gasteiger partial charge in [0.25, 0.3) is 0 Å². The number of piperazine rings is 1. The molecular formula is C16H26N2O2S. The zero-order chi connectivity index (χ0) is 15.0. The second-order valence-electron chi connectivity index (χ2n) is 6.80. The number of hydrogen-bond acceptors (Lipinski definition) is 3. The summed E-state index contributed by atoms with van der Waals surface area (Å²) in [4.78, 5) is 27.5. The van der Waals surface area contributed by atoms with E-state index in [1.54, 1.807) is 0 Å². The second kappa shape index (κ2) is 5.82. The maximum Gasteiger partial charge on any atom is 0.249 e. The second-order valence-corrected chi connectivity index (χ2v) is 8.19. The zero-order valence-electron chi connectivity index (χ0n) is 13.1. The largest absolute Gasteiger partial charge is 0.340 e. The van der Waals surface area contributed by atoms with Crippen LogP contribution in [0.15, 0.2) is 0 Å². The number of nitrogens with zero attached hydrogens (tertiary/aromatic N) is 1. The molecule has 21 heavy (non-hydrogen) atoms. The lowest BCUT2D eigenvalue weighted by Crippen LogP contribution is -2.70. The van der Waals surface area contributed by atoms with Gasteiger partial charge in [0.2, 0.25) is 11.8 Å². The van der Waals surface area contributed by atoms with Crippen molar-refractivity contribution < 1.29 is 9.59 Å². The summed E-state index contributed by atoms with van der Waals surface area (Å²) in [6.45, 7) is 4.83. The molecule has 0 aromatic heterocycles. The first-order chi connectivity index (χ1) is 10.1. The Hall–Kier alpha value is -0.710. The highest BCUT2D eigenvalue weighted by Crippen LogP contribution is 2.45. The number of hydrogen-bond donors (Lipinski definition) is 1. The van der Waals surface area contributed by atoms with Crippen molar-refractivity contribution in [2.45, 2.75) is 57.5 Å². The van der Waals surface area contributed by atoms with Crippen LogP contribution in [0, 0.1) is 11.8 Å². The summed E-state index contributed by atoms with van der Waals surface area (Å²) < 4.78 is 0. The van der Waals surface area contributed by atoms with Crippen molar-refractivity contribution in [1.82, 2.24) is 10.2 Å². The van der Waals surface area contributed by atoms with Crippen molar-refractivity contribution in [2.75, 3.05) is 18.1 Å². The number of carbonyl (C=O) groups is 2. The van der Waals surface area contributed by atoms with Crippen molar-refractivity contribution >= 4 is 23.6 Å². The van der Waals surface area contributed by atoms with Gasteiger partial charge in [-0.3, -0.25) is 9.59 Å². The minimum absolute atomic E-state index is 0.0923. The van der Waals surface area contributed by atoms with Crippen LogP contribution in [0.3, 0.4) is 0 Å². The van der Waals surface area contributed by atoms with Gasteiger partial charge in [-0.15, -0.1) is 0 Å². The SMILES string of the molecule is CCSCCCN1C(=O)C(C)(C2CC2)NC(=O)C1C1CC1. The van der Waals surface area contributed by atoms with Gasteiger partial charge in [-0.25, -0.2) is 0 Å². The first-order valence-electron chi connectivity index (χ1n) is 8.28. The summed E-state index contributed by atoms with van der Waals surface area (Å²) in [6, 6.07) is -0.198. The van der Waals surface area contributed by atoms with Crippen LogP contribution in [0.4, 0.5) is 0 Å². The molecule has 4 nitrogen and oxygen atoms in total. The maximum atomic E-state index is 13.0. The Morgan fingerprint density at radius 2 is 2.00 bits per heavy atom. The van der Waals surface area contributed by atoms with E-state index in [1.165, 1.54) is 0 Å². The fourth-order valence-electron chi connectivity index (χ4n) is 3.49. The van der Waals surface area contributed by atoms with Crippen LogP contribution in [0.1, 0.15) is 46.0 Å². The normalized spacial score (nSPS) is 33.2. The lowest BCUT2D eigenvalue weighted by atomic mass is 9.88. The third-order valence-electron chi connectivity index (χ3n) is 5.05. The summed E-state index contributed by atoms with van der Waals surface area (Å²) in [7, 11) is 0. The van der Waals surface area contributed by atoms with E-state index in [1.807, 2.05) is 23.6 Å². The molecule has 1 saturated heterocycles. The van der Waals surface area contributed by atoms with Crippen molar-refractivity contribution in [3.63, 3.8) is 0 Å². The predicted octanol–water partition coefficient (Wildman–Crippen LogP) is 2.04. The molecule has 3 aliphatic rings. The molecule has 3 rings (SSSR count). The number of carbonyl (C=O) groups excluding carboxylic acids is 2. The fraction of sp³-hybridized carbons (Fsp3) is 0.875. The molecule has 118 valence electrons. The van der Waals surface area contributed by atoms with Crippen LogP contribution in [0.5, 0.6) is 0 Å². The topological polar surface area (TPSA) is 49.4 Å². The average Bonchev–Trinajstić information content (AvgIpc) is 3.30. The molecule has 1 N–H and O–H groups in total. The standard InChI is InChI=1S/C16H26N2O2S/c1-3-21-10-4-9-18-13(11-5-6-11)14(19)17-16(2,15(18)20)12-7-8-12/h11-13H,3-10H2,1-2H3,(H,17,19). The Morgan fingerprint density at radius 1 is 1.29 bits per heavy atom. The average molecular weight is 310 g/mol. The molecule has 0 aromatic carbocycles. The Labute approximate surface area is 131 Å². The molecule has 3 fully saturated rings. The van der Waals surface area contributed by atoms with E-state index in [9.17, 15) is 9.59 Å². The highest BCUT2D eigenvalue weighted by atomic mass is 32.2. The van der Waals surface area contributed by atoms with E-state index in [2.05, 4.69) is 12.2 Å². The number of amides is 2. The molecule has 2 unspecified atom stereocenters. The monoisotopic (exact) mass is 310 g/mol. The first kappa shape index (κ1) is 15.2. The van der Waals surface area contributed by atoms with Crippen molar-refractivity contribution in [1.29, 1.82) is 0 Å². The molecule has 2 amide bonds. The van der Waals surface area contributed by atoms with E-state index in [4.69, 9.17) is 0 Å². The lowest BCUT2D eigenvalue weighted by molar-refractivity contribution is -0.156. The van der Waals surface area contributed by atoms with E-state index in [0.717, 1.165) is 50.2 Å². The number of thioether (sulfide) groups is 1. The van der Waals surface area contributed by atoms with Crippen LogP contribution in [-0.2, 0) is 9.59 Å². The fourth-order valence-corrected chi connectivity index (χ4v) is 4.11. The molecule has 0 bridgehead atoms. The lowest BCUT2D eigenvalue weighted by Gasteiger charge is -2.45. The van der Waals surface area contributed by atoms with Crippen LogP contribution < -0.4 is 5.32 Å². The highest BCUT2D eigenvalue weighted by Gasteiger charge is 2.57. The molecule has 0 radical (unpaired) electrons. The van der Waals surface area contributed by atoms with Crippen LogP contribution in [-0.4, -0.2) is 46.3 Å². The van der Waals surface area contributed by atoms with Gasteiger partial charge in [0.1, 0.15) is 11.6 Å². The molecule has 5 heteroatoms. The summed E-state index contributed by atoms with van der Waals surface area (Å²) in [5.74, 6) is 3.19. The van der Waals surface area contributed by atoms with E-state index in [0.29, 0.717) is 11.8 Å². The van der Waals surface area contributed by atoms with Crippen molar-refractivity contribution in [3.05, 3.63) is 0 Å². The highest BCUT2D eigenvalue weighted by molar-refractivity contribution is 7.99. The summed E-state index contributed by atoms with van der Waals surface area (Å²) >= 11 is 1.90. The van der Waals surface area contributed by atoms with Gasteiger partial charge in [-0.1, -0.05) is 6.92 Å². The maximum absolute atomic E-state index is 13.0. The van der Waals surface area contributed by atoms with E-state index >= 15 is 0 Å². The van der Waals surface area contributed by atoms with Crippen LogP contribution in [0.25, 0.3) is 0 Å². The zero-order valence-corrected chi connectivity index (χ0v) is 13.9. The van der Waals surface area contributed by atoms with Crippen LogP contribution in [0.2, 0.25) is 0 Å². The molecular weight excluding hydrogens is 284 g/mol. The Bertz CT molecular complexity index is 434. The minimum atomic E-state index is -0.639. The predicted molar refractivity (Wildman–Crippen MR) is 85.1 cm³/mol. The van der Waals surface area contributed by atoms with Gasteiger partial charge in [0.15, 0.2) is 0 Å². The van der Waals surface area contributed by atoms with Gasteiger partial charge in [-0.2, -0.15) is 11.8 Å². The van der Waals surface area contributed by atoms with Gasteiger partial charge >= 0.3 is 0 Å². The molecule has 1 aliphatic heterocycles. The quantitative estimate of drug-likeness (QED) is 0.732. The van der Waals surface area contributed by atoms with Gasteiger partial charge in [-0.05, 0) is 62.4 Å². The number of nitrogens with one attached hydrogen (secondary N) is 1. The Morgan fingerprint density at radius 3 is 2.57 bits per heavy atom. The Balaban J connectivity index is 1.72. The molecule has 0 spiro atoms. The molecule has 0 aromatic rings. The third-order valence-corrected chi connectivity index (χ3v) is 6.03. The van der Waals surface area contributed by atoms with E-state index < -0.39 is 5.54 Å². The number of rotatable bonds is 7. The first-order valence-corrected chi connectivity index (χ1v) is 9.44.